The van der Waals surface area contributed by atoms with E-state index in [0.29, 0.717) is 28.6 Å². The summed E-state index contributed by atoms with van der Waals surface area (Å²) in [6.45, 7) is 0. The summed E-state index contributed by atoms with van der Waals surface area (Å²) in [6.07, 6.45) is 5.70. The molecule has 0 spiro atoms. The first-order valence-corrected chi connectivity index (χ1v) is 13.9. The Morgan fingerprint density at radius 1 is 1.00 bits per heavy atom. The first kappa shape index (κ1) is 26.1. The van der Waals surface area contributed by atoms with Gasteiger partial charge in [-0.25, -0.2) is 9.07 Å². The summed E-state index contributed by atoms with van der Waals surface area (Å²) in [6, 6.07) is 23.6. The van der Waals surface area contributed by atoms with Gasteiger partial charge in [0.1, 0.15) is 17.3 Å². The molecule has 0 saturated heterocycles. The number of benzene rings is 3. The molecule has 0 aliphatic heterocycles. The van der Waals surface area contributed by atoms with Crippen molar-refractivity contribution < 1.29 is 5.76 Å². The van der Waals surface area contributed by atoms with Gasteiger partial charge in [0, 0.05) is 23.7 Å². The summed E-state index contributed by atoms with van der Waals surface area (Å²) in [5.41, 5.74) is 2.83. The van der Waals surface area contributed by atoms with Crippen molar-refractivity contribution in [1.82, 2.24) is 20.0 Å². The van der Waals surface area contributed by atoms with Crippen molar-refractivity contribution in [3.05, 3.63) is 113 Å². The zero-order valence-corrected chi connectivity index (χ0v) is 23.0. The Hall–Kier alpha value is -5.79. The van der Waals surface area contributed by atoms with Gasteiger partial charge in [-0.1, -0.05) is 47.7 Å². The number of nitrogens with zero attached hydrogens (tertiary/aromatic N) is 7. The number of halogens is 1. The van der Waals surface area contributed by atoms with E-state index in [1.807, 2.05) is 30.3 Å². The van der Waals surface area contributed by atoms with Gasteiger partial charge in [0.15, 0.2) is 5.82 Å². The molecular formula is C33H26FN9. The Bertz CT molecular complexity index is 1970. The van der Waals surface area contributed by atoms with E-state index in [1.54, 1.807) is 41.2 Å². The van der Waals surface area contributed by atoms with Crippen LogP contribution in [-0.2, 0) is 0 Å². The highest BCUT2D eigenvalue weighted by molar-refractivity contribution is 5.96. The van der Waals surface area contributed by atoms with Crippen LogP contribution in [0.4, 0.5) is 15.8 Å². The number of pyridine rings is 1. The summed E-state index contributed by atoms with van der Waals surface area (Å²) < 4.78 is 27.1. The van der Waals surface area contributed by atoms with Crippen molar-refractivity contribution in [2.45, 2.75) is 43.8 Å². The van der Waals surface area contributed by atoms with E-state index in [-0.39, 0.29) is 41.0 Å². The van der Waals surface area contributed by atoms with Gasteiger partial charge in [0.05, 0.1) is 54.6 Å². The van der Waals surface area contributed by atoms with Crippen LogP contribution in [0.2, 0.25) is 0 Å². The fraction of sp³-hybridized carbons (Fsp3) is 0.212. The number of fused-ring (bicyclic) bond motifs is 1. The summed E-state index contributed by atoms with van der Waals surface area (Å²) in [7, 11) is 0. The number of hydrogen-bond acceptors (Lipinski definition) is 8. The Kier molecular flexibility index (Phi) is 7.28. The molecule has 10 heteroatoms. The molecule has 1 aliphatic rings. The van der Waals surface area contributed by atoms with Gasteiger partial charge in [-0.15, -0.1) is 5.10 Å². The van der Waals surface area contributed by atoms with Gasteiger partial charge in [-0.2, -0.15) is 15.8 Å². The molecule has 0 amide bonds. The topological polar surface area (TPSA) is 139 Å². The highest BCUT2D eigenvalue weighted by atomic mass is 19.1. The van der Waals surface area contributed by atoms with Crippen molar-refractivity contribution >= 4 is 22.3 Å². The molecule has 3 aromatic carbocycles. The third kappa shape index (κ3) is 5.84. The maximum absolute atomic E-state index is 15.7. The van der Waals surface area contributed by atoms with Gasteiger partial charge in [-0.05, 0) is 54.7 Å². The molecule has 210 valence electrons. The van der Waals surface area contributed by atoms with Gasteiger partial charge in [-0.3, -0.25) is 4.98 Å². The van der Waals surface area contributed by atoms with Crippen LogP contribution in [0.15, 0.2) is 79.1 Å². The Morgan fingerprint density at radius 2 is 1.81 bits per heavy atom. The average Bonchev–Trinajstić information content (AvgIpc) is 3.78. The van der Waals surface area contributed by atoms with Crippen molar-refractivity contribution in [2.75, 3.05) is 10.6 Å². The molecule has 5 aromatic rings. The SMILES string of the molecule is [2H][C@](Nc1cc(F)c2ncc(C#N)c(N[C@@H](CCC#N)c3ccccc3)c2c1)(c1cccc(C#N)c1)c1cn(C2CC2)nn1. The van der Waals surface area contributed by atoms with Gasteiger partial charge >= 0.3 is 0 Å². The lowest BCUT2D eigenvalue weighted by molar-refractivity contribution is 0.610. The normalized spacial score (nSPS) is 14.9. The van der Waals surface area contributed by atoms with E-state index < -0.39 is 11.8 Å². The molecule has 2 N–H and O–H groups in total. The molecule has 2 atom stereocenters. The van der Waals surface area contributed by atoms with Crippen LogP contribution in [0, 0.1) is 39.8 Å². The Morgan fingerprint density at radius 3 is 2.56 bits per heavy atom. The van der Waals surface area contributed by atoms with E-state index in [1.165, 1.54) is 12.3 Å². The van der Waals surface area contributed by atoms with E-state index in [2.05, 4.69) is 44.1 Å². The minimum absolute atomic E-state index is 0.0471. The van der Waals surface area contributed by atoms with E-state index >= 15 is 4.39 Å². The minimum Gasteiger partial charge on any atom is -0.377 e. The Labute approximate surface area is 249 Å². The van der Waals surface area contributed by atoms with Crippen molar-refractivity contribution in [3.8, 4) is 18.2 Å². The fourth-order valence-electron chi connectivity index (χ4n) is 5.04. The standard InChI is InChI=1S/C33H26FN9/c34-28-16-25(39-32(23-9-4-6-21(14-23)17-36)30-20-43(42-41-30)26-11-12-26)15-27-31(24(18-37)19-38-33(27)28)40-29(10-5-13-35)22-7-2-1-3-8-22/h1-4,6-9,14-16,19-20,26,29,32,39H,5,10-12H2,(H,38,40)/t29-,32-/m0/s1/i32D. The first-order chi connectivity index (χ1) is 21.4. The van der Waals surface area contributed by atoms with Crippen LogP contribution >= 0.6 is 0 Å². The van der Waals surface area contributed by atoms with E-state index in [9.17, 15) is 17.2 Å². The molecule has 2 heterocycles. The molecule has 43 heavy (non-hydrogen) atoms. The highest BCUT2D eigenvalue weighted by Gasteiger charge is 2.27. The van der Waals surface area contributed by atoms with E-state index in [0.717, 1.165) is 18.4 Å². The predicted molar refractivity (Wildman–Crippen MR) is 159 cm³/mol. The number of hydrogen-bond donors (Lipinski definition) is 2. The molecule has 0 unspecified atom stereocenters. The minimum atomic E-state index is -1.74. The zero-order chi connectivity index (χ0) is 30.7. The molecule has 9 nitrogen and oxygen atoms in total. The molecule has 1 fully saturated rings. The maximum Gasteiger partial charge on any atom is 0.151 e. The van der Waals surface area contributed by atoms with Crippen LogP contribution in [0.25, 0.3) is 10.9 Å². The largest absolute Gasteiger partial charge is 0.377 e. The maximum atomic E-state index is 15.7. The average molecular weight is 569 g/mol. The summed E-state index contributed by atoms with van der Waals surface area (Å²) in [5, 5.41) is 44.2. The van der Waals surface area contributed by atoms with Crippen LogP contribution in [0.5, 0.6) is 0 Å². The number of aromatic nitrogens is 4. The van der Waals surface area contributed by atoms with E-state index in [4.69, 9.17) is 0 Å². The van der Waals surface area contributed by atoms with Crippen LogP contribution in [0.1, 0.15) is 73.1 Å². The lowest BCUT2D eigenvalue weighted by atomic mass is 9.99. The highest BCUT2D eigenvalue weighted by Crippen LogP contribution is 2.37. The molecule has 1 aliphatic carbocycles. The second-order valence-corrected chi connectivity index (χ2v) is 10.3. The van der Waals surface area contributed by atoms with Crippen LogP contribution in [-0.4, -0.2) is 20.0 Å². The molecule has 6 rings (SSSR count). The second-order valence-electron chi connectivity index (χ2n) is 10.3. The predicted octanol–water partition coefficient (Wildman–Crippen LogP) is 6.70. The third-order valence-electron chi connectivity index (χ3n) is 7.35. The van der Waals surface area contributed by atoms with Crippen LogP contribution in [0.3, 0.4) is 0 Å². The van der Waals surface area contributed by atoms with Gasteiger partial charge in [0.25, 0.3) is 0 Å². The first-order valence-electron chi connectivity index (χ1n) is 14.4. The van der Waals surface area contributed by atoms with Gasteiger partial charge < -0.3 is 10.6 Å². The summed E-state index contributed by atoms with van der Waals surface area (Å²) >= 11 is 0. The number of anilines is 2. The summed E-state index contributed by atoms with van der Waals surface area (Å²) in [5.74, 6) is -0.652. The van der Waals surface area contributed by atoms with Crippen molar-refractivity contribution in [3.63, 3.8) is 0 Å². The quantitative estimate of drug-likeness (QED) is 0.190. The number of nitrogens with one attached hydrogen (secondary N) is 2. The smallest absolute Gasteiger partial charge is 0.151 e. The molecule has 0 radical (unpaired) electrons. The fourth-order valence-corrected chi connectivity index (χ4v) is 5.04. The molecule has 0 bridgehead atoms. The zero-order valence-electron chi connectivity index (χ0n) is 24.0. The number of nitriles is 3. The van der Waals surface area contributed by atoms with Gasteiger partial charge in [0.2, 0.25) is 0 Å². The monoisotopic (exact) mass is 568 g/mol. The lowest BCUT2D eigenvalue weighted by Crippen LogP contribution is -2.14. The third-order valence-corrected chi connectivity index (χ3v) is 7.35. The van der Waals surface area contributed by atoms with Crippen molar-refractivity contribution in [2.24, 2.45) is 0 Å². The summed E-state index contributed by atoms with van der Waals surface area (Å²) in [4.78, 5) is 4.23. The molecule has 2 aromatic heterocycles. The Balaban J connectivity index is 1.47. The number of rotatable bonds is 10. The van der Waals surface area contributed by atoms with Crippen molar-refractivity contribution in [1.29, 1.82) is 15.8 Å². The molecular weight excluding hydrogens is 541 g/mol. The van der Waals surface area contributed by atoms with Crippen LogP contribution < -0.4 is 10.6 Å². The second kappa shape index (κ2) is 12.0. The lowest BCUT2D eigenvalue weighted by Gasteiger charge is -2.23. The molecule has 1 saturated carbocycles.